The lowest BCUT2D eigenvalue weighted by molar-refractivity contribution is -0.137. The third kappa shape index (κ3) is 4.61. The van der Waals surface area contributed by atoms with Crippen LogP contribution in [0.4, 0.5) is 5.69 Å². The van der Waals surface area contributed by atoms with Crippen LogP contribution in [0, 0.1) is 0 Å². The van der Waals surface area contributed by atoms with E-state index in [1.807, 2.05) is 0 Å². The van der Waals surface area contributed by atoms with Crippen molar-refractivity contribution in [3.8, 4) is 0 Å². The lowest BCUT2D eigenvalue weighted by atomic mass is 10.2. The lowest BCUT2D eigenvalue weighted by Crippen LogP contribution is -2.29. The summed E-state index contributed by atoms with van der Waals surface area (Å²) in [7, 11) is 0. The van der Waals surface area contributed by atoms with E-state index in [0.29, 0.717) is 35.3 Å². The number of halogens is 2. The molecule has 0 bridgehead atoms. The summed E-state index contributed by atoms with van der Waals surface area (Å²) in [6, 6.07) is 5.21. The van der Waals surface area contributed by atoms with Gasteiger partial charge in [0.1, 0.15) is 5.84 Å². The molecule has 1 aromatic carbocycles. The number of carbonyl (C=O) groups excluding carboxylic acids is 1. The second kappa shape index (κ2) is 7.47. The molecule has 1 aliphatic rings. The normalized spacial score (nSPS) is 13.9. The molecule has 0 saturated carbocycles. The Labute approximate surface area is 137 Å². The zero-order chi connectivity index (χ0) is 16.1. The third-order valence-electron chi connectivity index (χ3n) is 3.08. The monoisotopic (exact) mass is 343 g/mol. The Morgan fingerprint density at radius 2 is 2.05 bits per heavy atom. The Morgan fingerprint density at radius 3 is 2.73 bits per heavy atom. The van der Waals surface area contributed by atoms with Crippen molar-refractivity contribution in [3.05, 3.63) is 28.2 Å². The predicted octanol–water partition coefficient (Wildman–Crippen LogP) is 2.89. The molecule has 1 heterocycles. The van der Waals surface area contributed by atoms with Crippen molar-refractivity contribution >= 4 is 46.6 Å². The van der Waals surface area contributed by atoms with Gasteiger partial charge in [0.05, 0.1) is 15.7 Å². The summed E-state index contributed by atoms with van der Waals surface area (Å²) in [4.78, 5) is 22.1. The predicted molar refractivity (Wildman–Crippen MR) is 85.5 cm³/mol. The zero-order valence-electron chi connectivity index (χ0n) is 11.7. The van der Waals surface area contributed by atoms with E-state index in [4.69, 9.17) is 28.3 Å². The number of benzene rings is 1. The van der Waals surface area contributed by atoms with Crippen molar-refractivity contribution in [2.45, 2.75) is 25.7 Å². The van der Waals surface area contributed by atoms with Gasteiger partial charge in [0.25, 0.3) is 0 Å². The number of hydrogen-bond donors (Lipinski definition) is 2. The summed E-state index contributed by atoms with van der Waals surface area (Å²) in [5.41, 5.74) is 0.796. The van der Waals surface area contributed by atoms with Crippen molar-refractivity contribution in [2.75, 3.05) is 11.6 Å². The number of carboxylic acids is 1. The maximum absolute atomic E-state index is 11.7. The van der Waals surface area contributed by atoms with Crippen LogP contribution in [0.15, 0.2) is 23.3 Å². The molecule has 0 unspecified atom stereocenters. The molecule has 0 atom stereocenters. The van der Waals surface area contributed by atoms with Gasteiger partial charge in [-0.05, 0) is 24.6 Å². The highest BCUT2D eigenvalue weighted by atomic mass is 35.5. The fourth-order valence-electron chi connectivity index (χ4n) is 2.00. The van der Waals surface area contributed by atoms with Gasteiger partial charge in [0, 0.05) is 25.8 Å². The largest absolute Gasteiger partial charge is 0.481 e. The summed E-state index contributed by atoms with van der Waals surface area (Å²) in [6.45, 7) is 0.628. The molecule has 1 aromatic rings. The molecule has 118 valence electrons. The highest BCUT2D eigenvalue weighted by molar-refractivity contribution is 6.42. The van der Waals surface area contributed by atoms with Gasteiger partial charge < -0.3 is 10.4 Å². The lowest BCUT2D eigenvalue weighted by Gasteiger charge is -2.13. The molecule has 0 spiro atoms. The van der Waals surface area contributed by atoms with Crippen molar-refractivity contribution in [1.82, 2.24) is 5.32 Å². The third-order valence-corrected chi connectivity index (χ3v) is 3.82. The fraction of sp³-hybridized carbons (Fsp3) is 0.357. The topological polar surface area (TPSA) is 82.0 Å². The number of hydrogen-bond acceptors (Lipinski definition) is 4. The molecule has 8 heteroatoms. The van der Waals surface area contributed by atoms with Gasteiger partial charge >= 0.3 is 5.97 Å². The fourth-order valence-corrected chi connectivity index (χ4v) is 2.29. The number of hydrazone groups is 1. The number of carboxylic acid groups (broad SMARTS) is 1. The highest BCUT2D eigenvalue weighted by Gasteiger charge is 2.18. The van der Waals surface area contributed by atoms with Gasteiger partial charge in [-0.1, -0.05) is 23.2 Å². The molecule has 0 fully saturated rings. The number of carbonyl (C=O) groups is 2. The second-order valence-corrected chi connectivity index (χ2v) is 5.63. The molecule has 0 aliphatic carbocycles. The van der Waals surface area contributed by atoms with Crippen molar-refractivity contribution < 1.29 is 14.7 Å². The maximum Gasteiger partial charge on any atom is 0.303 e. The Kier molecular flexibility index (Phi) is 5.63. The minimum atomic E-state index is -0.906. The van der Waals surface area contributed by atoms with Gasteiger partial charge in [0.15, 0.2) is 0 Å². The van der Waals surface area contributed by atoms with Gasteiger partial charge in [-0.15, -0.1) is 0 Å². The number of amidine groups is 1. The van der Waals surface area contributed by atoms with E-state index in [2.05, 4.69) is 10.4 Å². The van der Waals surface area contributed by atoms with Gasteiger partial charge in [-0.3, -0.25) is 14.6 Å². The van der Waals surface area contributed by atoms with Crippen LogP contribution in [0.1, 0.15) is 25.7 Å². The average molecular weight is 344 g/mol. The van der Waals surface area contributed by atoms with Gasteiger partial charge in [0.2, 0.25) is 5.91 Å². The van der Waals surface area contributed by atoms with Crippen LogP contribution in [0.2, 0.25) is 10.0 Å². The van der Waals surface area contributed by atoms with Crippen LogP contribution in [0.3, 0.4) is 0 Å². The smallest absolute Gasteiger partial charge is 0.303 e. The Hall–Kier alpha value is -1.79. The molecule has 0 saturated heterocycles. The minimum absolute atomic E-state index is 0.0186. The van der Waals surface area contributed by atoms with E-state index >= 15 is 0 Å². The molecule has 0 aromatic heterocycles. The average Bonchev–Trinajstić information content (AvgIpc) is 2.90. The number of amides is 1. The standard InChI is InChI=1S/C14H15Cl2N3O3/c15-10-5-4-9(8-11(10)16)19-7-6-12(18-19)17-13(20)2-1-3-14(21)22/h4-5,8H,1-3,6-7H2,(H,21,22)(H,17,18,20). The summed E-state index contributed by atoms with van der Waals surface area (Å²) in [6.07, 6.45) is 1.06. The van der Waals surface area contributed by atoms with E-state index in [1.165, 1.54) is 0 Å². The van der Waals surface area contributed by atoms with E-state index in [-0.39, 0.29) is 18.7 Å². The molecular formula is C14H15Cl2N3O3. The summed E-state index contributed by atoms with van der Waals surface area (Å²) >= 11 is 11.8. The number of aliphatic carboxylic acids is 1. The first kappa shape index (κ1) is 16.6. The number of anilines is 1. The van der Waals surface area contributed by atoms with E-state index in [0.717, 1.165) is 5.69 Å². The number of nitrogens with one attached hydrogen (secondary N) is 1. The molecule has 22 heavy (non-hydrogen) atoms. The first-order chi connectivity index (χ1) is 10.5. The van der Waals surface area contributed by atoms with Crippen LogP contribution >= 0.6 is 23.2 Å². The van der Waals surface area contributed by atoms with Crippen molar-refractivity contribution in [1.29, 1.82) is 0 Å². The van der Waals surface area contributed by atoms with Crippen LogP contribution < -0.4 is 10.3 Å². The van der Waals surface area contributed by atoms with E-state index < -0.39 is 5.97 Å². The minimum Gasteiger partial charge on any atom is -0.481 e. The molecule has 2 rings (SSSR count). The quantitative estimate of drug-likeness (QED) is 0.861. The zero-order valence-corrected chi connectivity index (χ0v) is 13.2. The first-order valence-electron chi connectivity index (χ1n) is 6.77. The summed E-state index contributed by atoms with van der Waals surface area (Å²) in [5.74, 6) is -0.570. The molecule has 1 aliphatic heterocycles. The summed E-state index contributed by atoms with van der Waals surface area (Å²) in [5, 5.41) is 18.2. The first-order valence-corrected chi connectivity index (χ1v) is 7.53. The Balaban J connectivity index is 1.90. The molecule has 2 N–H and O–H groups in total. The van der Waals surface area contributed by atoms with Crippen LogP contribution in [0.5, 0.6) is 0 Å². The number of nitrogens with zero attached hydrogens (tertiary/aromatic N) is 2. The molecular weight excluding hydrogens is 329 g/mol. The SMILES string of the molecule is O=C(O)CCCC(=O)NC1=NN(c2ccc(Cl)c(Cl)c2)CC1. The van der Waals surface area contributed by atoms with Crippen LogP contribution in [-0.4, -0.2) is 29.4 Å². The van der Waals surface area contributed by atoms with Crippen LogP contribution in [-0.2, 0) is 9.59 Å². The van der Waals surface area contributed by atoms with E-state index in [1.54, 1.807) is 23.2 Å². The second-order valence-electron chi connectivity index (χ2n) is 4.81. The maximum atomic E-state index is 11.7. The molecule has 1 amide bonds. The number of rotatable bonds is 5. The molecule has 0 radical (unpaired) electrons. The van der Waals surface area contributed by atoms with Crippen LogP contribution in [0.25, 0.3) is 0 Å². The highest BCUT2D eigenvalue weighted by Crippen LogP contribution is 2.28. The van der Waals surface area contributed by atoms with Crippen molar-refractivity contribution in [3.63, 3.8) is 0 Å². The van der Waals surface area contributed by atoms with Gasteiger partial charge in [-0.2, -0.15) is 5.10 Å². The Bertz CT molecular complexity index is 619. The summed E-state index contributed by atoms with van der Waals surface area (Å²) < 4.78 is 0. The molecule has 6 nitrogen and oxygen atoms in total. The van der Waals surface area contributed by atoms with E-state index in [9.17, 15) is 9.59 Å². The van der Waals surface area contributed by atoms with Crippen molar-refractivity contribution in [2.24, 2.45) is 5.10 Å². The van der Waals surface area contributed by atoms with Gasteiger partial charge in [-0.25, -0.2) is 0 Å². The Morgan fingerprint density at radius 1 is 1.27 bits per heavy atom.